The van der Waals surface area contributed by atoms with Crippen molar-refractivity contribution in [3.63, 3.8) is 0 Å². The van der Waals surface area contributed by atoms with Gasteiger partial charge in [-0.25, -0.2) is 4.98 Å². The van der Waals surface area contributed by atoms with E-state index in [0.717, 1.165) is 12.1 Å². The van der Waals surface area contributed by atoms with Crippen molar-refractivity contribution in [3.05, 3.63) is 11.8 Å². The molecule has 0 amide bonds. The summed E-state index contributed by atoms with van der Waals surface area (Å²) >= 11 is 0. The van der Waals surface area contributed by atoms with E-state index in [0.29, 0.717) is 44.6 Å². The molecule has 0 aromatic carbocycles. The molecule has 6 nitrogen and oxygen atoms in total. The normalized spacial score (nSPS) is 10.4. The molecule has 0 aliphatic rings. The van der Waals surface area contributed by atoms with E-state index in [2.05, 4.69) is 16.9 Å². The molecule has 0 spiro atoms. The van der Waals surface area contributed by atoms with Crippen molar-refractivity contribution in [3.8, 4) is 5.88 Å². The Balaban J connectivity index is 2.87. The highest BCUT2D eigenvalue weighted by atomic mass is 16.5. The minimum atomic E-state index is 0.544. The van der Waals surface area contributed by atoms with E-state index in [4.69, 9.17) is 16.2 Å². The van der Waals surface area contributed by atoms with Gasteiger partial charge in [-0.05, 0) is 13.3 Å². The zero-order valence-corrected chi connectivity index (χ0v) is 11.2. The average molecular weight is 253 g/mol. The van der Waals surface area contributed by atoms with Crippen LogP contribution in [0.1, 0.15) is 19.0 Å². The van der Waals surface area contributed by atoms with Gasteiger partial charge < -0.3 is 21.1 Å². The van der Waals surface area contributed by atoms with Crippen molar-refractivity contribution in [2.45, 2.75) is 20.3 Å². The second-order valence-corrected chi connectivity index (χ2v) is 4.06. The summed E-state index contributed by atoms with van der Waals surface area (Å²) in [5.41, 5.74) is 12.0. The van der Waals surface area contributed by atoms with Gasteiger partial charge in [-0.3, -0.25) is 0 Å². The minimum absolute atomic E-state index is 0.544. The van der Waals surface area contributed by atoms with Gasteiger partial charge in [0.1, 0.15) is 0 Å². The maximum atomic E-state index is 5.58. The minimum Gasteiger partial charge on any atom is -0.478 e. The highest BCUT2D eigenvalue weighted by Gasteiger charge is 2.10. The molecule has 0 unspecified atom stereocenters. The van der Waals surface area contributed by atoms with Crippen LogP contribution in [-0.4, -0.2) is 42.8 Å². The summed E-state index contributed by atoms with van der Waals surface area (Å²) in [7, 11) is 0. The standard InChI is InChI=1S/C12H23N5O/c1-3-8-18-11-9-10(2)15-12(16-11)17(6-4-13)7-5-14/h9H,3-8,13-14H2,1-2H3. The summed E-state index contributed by atoms with van der Waals surface area (Å²) < 4.78 is 5.54. The van der Waals surface area contributed by atoms with E-state index in [9.17, 15) is 0 Å². The summed E-state index contributed by atoms with van der Waals surface area (Å²) in [6, 6.07) is 1.84. The molecule has 0 saturated heterocycles. The summed E-state index contributed by atoms with van der Waals surface area (Å²) in [4.78, 5) is 10.8. The number of aromatic nitrogens is 2. The Morgan fingerprint density at radius 1 is 1.22 bits per heavy atom. The maximum absolute atomic E-state index is 5.58. The van der Waals surface area contributed by atoms with Gasteiger partial charge in [-0.1, -0.05) is 6.92 Å². The lowest BCUT2D eigenvalue weighted by Crippen LogP contribution is -2.35. The monoisotopic (exact) mass is 253 g/mol. The van der Waals surface area contributed by atoms with Crippen molar-refractivity contribution < 1.29 is 4.74 Å². The molecule has 0 fully saturated rings. The fourth-order valence-corrected chi connectivity index (χ4v) is 1.57. The number of hydrogen-bond donors (Lipinski definition) is 2. The molecule has 1 rings (SSSR count). The zero-order valence-electron chi connectivity index (χ0n) is 11.2. The topological polar surface area (TPSA) is 90.3 Å². The third-order valence-electron chi connectivity index (χ3n) is 2.35. The van der Waals surface area contributed by atoms with Gasteiger partial charge in [-0.2, -0.15) is 4.98 Å². The first kappa shape index (κ1) is 14.7. The SMILES string of the molecule is CCCOc1cc(C)nc(N(CCN)CCN)n1. The fourth-order valence-electron chi connectivity index (χ4n) is 1.57. The molecule has 0 aliphatic heterocycles. The molecule has 0 radical (unpaired) electrons. The molecule has 102 valence electrons. The number of aryl methyl sites for hydroxylation is 1. The van der Waals surface area contributed by atoms with E-state index in [1.165, 1.54) is 0 Å². The first-order valence-electron chi connectivity index (χ1n) is 6.34. The van der Waals surface area contributed by atoms with Crippen molar-refractivity contribution in [2.24, 2.45) is 11.5 Å². The molecule has 0 atom stereocenters. The molecular formula is C12H23N5O. The first-order valence-corrected chi connectivity index (χ1v) is 6.34. The summed E-state index contributed by atoms with van der Waals surface area (Å²) in [5, 5.41) is 0. The number of nitrogens with zero attached hydrogens (tertiary/aromatic N) is 3. The van der Waals surface area contributed by atoms with Crippen LogP contribution in [0.5, 0.6) is 5.88 Å². The van der Waals surface area contributed by atoms with Gasteiger partial charge in [-0.15, -0.1) is 0 Å². The summed E-state index contributed by atoms with van der Waals surface area (Å²) in [6.45, 7) is 7.10. The average Bonchev–Trinajstić information content (AvgIpc) is 2.35. The van der Waals surface area contributed by atoms with E-state index < -0.39 is 0 Å². The Kier molecular flexibility index (Phi) is 6.38. The van der Waals surface area contributed by atoms with Crippen LogP contribution in [0.15, 0.2) is 6.07 Å². The van der Waals surface area contributed by atoms with Crippen LogP contribution in [0.25, 0.3) is 0 Å². The molecule has 0 aliphatic carbocycles. The number of ether oxygens (including phenoxy) is 1. The predicted octanol–water partition coefficient (Wildman–Crippen LogP) is 0.298. The van der Waals surface area contributed by atoms with Crippen LogP contribution in [0.3, 0.4) is 0 Å². The second kappa shape index (κ2) is 7.84. The Labute approximate surface area is 108 Å². The smallest absolute Gasteiger partial charge is 0.228 e. The van der Waals surface area contributed by atoms with Crippen molar-refractivity contribution >= 4 is 5.95 Å². The van der Waals surface area contributed by atoms with Crippen LogP contribution in [0.4, 0.5) is 5.95 Å². The van der Waals surface area contributed by atoms with Crippen LogP contribution in [0, 0.1) is 6.92 Å². The highest BCUT2D eigenvalue weighted by Crippen LogP contribution is 2.15. The Hall–Kier alpha value is -1.40. The molecule has 0 bridgehead atoms. The van der Waals surface area contributed by atoms with E-state index in [1.807, 2.05) is 17.9 Å². The third-order valence-corrected chi connectivity index (χ3v) is 2.35. The number of hydrogen-bond acceptors (Lipinski definition) is 6. The first-order chi connectivity index (χ1) is 8.71. The van der Waals surface area contributed by atoms with E-state index >= 15 is 0 Å². The molecule has 1 aromatic rings. The van der Waals surface area contributed by atoms with Crippen molar-refractivity contribution in [1.29, 1.82) is 0 Å². The van der Waals surface area contributed by atoms with Crippen LogP contribution >= 0.6 is 0 Å². The van der Waals surface area contributed by atoms with E-state index in [-0.39, 0.29) is 0 Å². The van der Waals surface area contributed by atoms with E-state index in [1.54, 1.807) is 0 Å². The van der Waals surface area contributed by atoms with Crippen molar-refractivity contribution in [2.75, 3.05) is 37.7 Å². The molecule has 1 heterocycles. The molecule has 18 heavy (non-hydrogen) atoms. The van der Waals surface area contributed by atoms with Gasteiger partial charge >= 0.3 is 0 Å². The third kappa shape index (κ3) is 4.46. The Morgan fingerprint density at radius 3 is 2.44 bits per heavy atom. The Bertz CT molecular complexity index is 352. The second-order valence-electron chi connectivity index (χ2n) is 4.06. The Morgan fingerprint density at radius 2 is 1.89 bits per heavy atom. The number of rotatable bonds is 8. The lowest BCUT2D eigenvalue weighted by molar-refractivity contribution is 0.304. The van der Waals surface area contributed by atoms with Gasteiger partial charge in [0.25, 0.3) is 0 Å². The largest absolute Gasteiger partial charge is 0.478 e. The quantitative estimate of drug-likeness (QED) is 0.692. The zero-order chi connectivity index (χ0) is 13.4. The van der Waals surface area contributed by atoms with Gasteiger partial charge in [0.2, 0.25) is 11.8 Å². The number of anilines is 1. The summed E-state index contributed by atoms with van der Waals surface area (Å²) in [6.07, 6.45) is 0.952. The maximum Gasteiger partial charge on any atom is 0.228 e. The molecule has 6 heteroatoms. The highest BCUT2D eigenvalue weighted by molar-refractivity contribution is 5.34. The lowest BCUT2D eigenvalue weighted by Gasteiger charge is -2.21. The van der Waals surface area contributed by atoms with Gasteiger partial charge in [0.05, 0.1) is 6.61 Å². The summed E-state index contributed by atoms with van der Waals surface area (Å²) in [5.74, 6) is 1.25. The molecule has 0 saturated carbocycles. The number of nitrogens with two attached hydrogens (primary N) is 2. The van der Waals surface area contributed by atoms with Crippen molar-refractivity contribution in [1.82, 2.24) is 9.97 Å². The molecular weight excluding hydrogens is 230 g/mol. The van der Waals surface area contributed by atoms with Gasteiger partial charge in [0, 0.05) is 37.9 Å². The molecule has 1 aromatic heterocycles. The predicted molar refractivity (Wildman–Crippen MR) is 72.9 cm³/mol. The van der Waals surface area contributed by atoms with Gasteiger partial charge in [0.15, 0.2) is 0 Å². The van der Waals surface area contributed by atoms with Crippen LogP contribution in [0.2, 0.25) is 0 Å². The van der Waals surface area contributed by atoms with Crippen LogP contribution < -0.4 is 21.1 Å². The fraction of sp³-hybridized carbons (Fsp3) is 0.667. The molecule has 4 N–H and O–H groups in total. The van der Waals surface area contributed by atoms with Crippen LogP contribution in [-0.2, 0) is 0 Å². The lowest BCUT2D eigenvalue weighted by atomic mass is 10.4.